The Morgan fingerprint density at radius 2 is 2.00 bits per heavy atom. The van der Waals surface area contributed by atoms with Crippen molar-refractivity contribution in [2.75, 3.05) is 0 Å². The number of halogens is 1. The van der Waals surface area contributed by atoms with Gasteiger partial charge in [-0.3, -0.25) is 4.98 Å². The van der Waals surface area contributed by atoms with Crippen LogP contribution in [0, 0.1) is 0 Å². The largest absolute Gasteiger partial charge is 0.436 e. The molecule has 14 heavy (non-hydrogen) atoms. The highest BCUT2D eigenvalue weighted by Crippen LogP contribution is 2.25. The Kier molecular flexibility index (Phi) is 2.74. The third-order valence-corrected chi connectivity index (χ3v) is 2.18. The summed E-state index contributed by atoms with van der Waals surface area (Å²) in [5, 5.41) is 0. The topological polar surface area (TPSA) is 35.0 Å². The zero-order chi connectivity index (χ0) is 9.80. The Labute approximate surface area is 89.9 Å². The van der Waals surface area contributed by atoms with Gasteiger partial charge in [-0.15, -0.1) is 0 Å². The summed E-state index contributed by atoms with van der Waals surface area (Å²) >= 11 is 3.35. The molecule has 2 aromatic heterocycles. The average Bonchev–Trinajstić information content (AvgIpc) is 2.23. The van der Waals surface area contributed by atoms with Crippen molar-refractivity contribution in [3.8, 4) is 11.6 Å². The van der Waals surface area contributed by atoms with E-state index in [1.54, 1.807) is 18.6 Å². The van der Waals surface area contributed by atoms with Crippen molar-refractivity contribution in [1.29, 1.82) is 0 Å². The molecule has 0 aliphatic heterocycles. The lowest BCUT2D eigenvalue weighted by atomic mass is 10.4. The molecular formula is C10H7BrN2O. The van der Waals surface area contributed by atoms with Crippen LogP contribution in [0.1, 0.15) is 0 Å². The van der Waals surface area contributed by atoms with E-state index in [-0.39, 0.29) is 0 Å². The molecule has 2 aromatic rings. The first-order valence-electron chi connectivity index (χ1n) is 4.04. The van der Waals surface area contributed by atoms with Gasteiger partial charge in [-0.25, -0.2) is 4.98 Å². The second kappa shape index (κ2) is 4.19. The molecule has 0 bridgehead atoms. The maximum Gasteiger partial charge on any atom is 0.233 e. The van der Waals surface area contributed by atoms with E-state index in [2.05, 4.69) is 25.9 Å². The number of pyridine rings is 2. The zero-order valence-corrected chi connectivity index (χ0v) is 8.81. The van der Waals surface area contributed by atoms with E-state index in [9.17, 15) is 0 Å². The molecule has 4 heteroatoms. The van der Waals surface area contributed by atoms with E-state index < -0.39 is 0 Å². The Hall–Kier alpha value is -1.42. The summed E-state index contributed by atoms with van der Waals surface area (Å²) in [6.07, 6.45) is 5.01. The quantitative estimate of drug-likeness (QED) is 0.822. The second-order valence-electron chi connectivity index (χ2n) is 2.58. The fraction of sp³-hybridized carbons (Fsp3) is 0. The van der Waals surface area contributed by atoms with Crippen molar-refractivity contribution in [2.45, 2.75) is 0 Å². The molecule has 0 fully saturated rings. The van der Waals surface area contributed by atoms with Crippen LogP contribution < -0.4 is 4.74 Å². The summed E-state index contributed by atoms with van der Waals surface area (Å²) in [5.41, 5.74) is 0. The smallest absolute Gasteiger partial charge is 0.233 e. The first kappa shape index (κ1) is 9.15. The third-order valence-electron chi connectivity index (χ3n) is 1.57. The van der Waals surface area contributed by atoms with E-state index in [4.69, 9.17) is 4.74 Å². The number of nitrogens with zero attached hydrogens (tertiary/aromatic N) is 2. The molecule has 0 amide bonds. The van der Waals surface area contributed by atoms with E-state index in [1.807, 2.05) is 24.3 Å². The summed E-state index contributed by atoms with van der Waals surface area (Å²) in [6.45, 7) is 0. The van der Waals surface area contributed by atoms with Gasteiger partial charge in [-0.2, -0.15) is 0 Å². The lowest BCUT2D eigenvalue weighted by molar-refractivity contribution is 0.457. The van der Waals surface area contributed by atoms with Gasteiger partial charge in [0.25, 0.3) is 0 Å². The molecule has 3 nitrogen and oxygen atoms in total. The minimum Gasteiger partial charge on any atom is -0.436 e. The summed E-state index contributed by atoms with van der Waals surface area (Å²) in [4.78, 5) is 8.02. The van der Waals surface area contributed by atoms with Crippen molar-refractivity contribution >= 4 is 15.9 Å². The van der Waals surface area contributed by atoms with Crippen LogP contribution >= 0.6 is 15.9 Å². The van der Waals surface area contributed by atoms with Crippen molar-refractivity contribution < 1.29 is 4.74 Å². The van der Waals surface area contributed by atoms with Gasteiger partial charge in [0.1, 0.15) is 5.75 Å². The minimum absolute atomic E-state index is 0.542. The minimum atomic E-state index is 0.542. The average molecular weight is 251 g/mol. The van der Waals surface area contributed by atoms with E-state index >= 15 is 0 Å². The van der Waals surface area contributed by atoms with Gasteiger partial charge in [0.15, 0.2) is 0 Å². The maximum absolute atomic E-state index is 5.49. The summed E-state index contributed by atoms with van der Waals surface area (Å²) < 4.78 is 6.31. The highest BCUT2D eigenvalue weighted by atomic mass is 79.9. The number of rotatable bonds is 2. The van der Waals surface area contributed by atoms with Crippen LogP contribution in [0.5, 0.6) is 11.6 Å². The van der Waals surface area contributed by atoms with Crippen LogP contribution in [0.3, 0.4) is 0 Å². The Bertz CT molecular complexity index is 419. The first-order valence-corrected chi connectivity index (χ1v) is 4.84. The van der Waals surface area contributed by atoms with Crippen LogP contribution in [0.25, 0.3) is 0 Å². The molecule has 0 aromatic carbocycles. The maximum atomic E-state index is 5.49. The molecule has 2 heterocycles. The number of hydrogen-bond acceptors (Lipinski definition) is 3. The van der Waals surface area contributed by atoms with Gasteiger partial charge < -0.3 is 4.74 Å². The van der Waals surface area contributed by atoms with Gasteiger partial charge >= 0.3 is 0 Å². The molecule has 0 atom stereocenters. The second-order valence-corrected chi connectivity index (χ2v) is 3.44. The molecule has 0 saturated carbocycles. The van der Waals surface area contributed by atoms with Crippen LogP contribution in [0.2, 0.25) is 0 Å². The van der Waals surface area contributed by atoms with Gasteiger partial charge in [0.05, 0.1) is 10.7 Å². The summed E-state index contributed by atoms with van der Waals surface area (Å²) in [5.74, 6) is 1.22. The molecule has 0 unspecified atom stereocenters. The van der Waals surface area contributed by atoms with Crippen LogP contribution in [0.4, 0.5) is 0 Å². The fourth-order valence-corrected chi connectivity index (χ4v) is 1.30. The summed E-state index contributed by atoms with van der Waals surface area (Å²) in [7, 11) is 0. The van der Waals surface area contributed by atoms with E-state index in [1.165, 1.54) is 0 Å². The molecule has 2 rings (SSSR count). The Morgan fingerprint density at radius 3 is 2.71 bits per heavy atom. The standard InChI is InChI=1S/C10H7BrN2O/c11-9-4-2-6-13-10(9)14-8-3-1-5-12-7-8/h1-7H. The molecule has 70 valence electrons. The van der Waals surface area contributed by atoms with Crippen molar-refractivity contribution in [1.82, 2.24) is 9.97 Å². The molecule has 0 aliphatic carbocycles. The third kappa shape index (κ3) is 2.09. The highest BCUT2D eigenvalue weighted by Gasteiger charge is 2.01. The van der Waals surface area contributed by atoms with Crippen LogP contribution in [0.15, 0.2) is 47.3 Å². The fourth-order valence-electron chi connectivity index (χ4n) is 0.965. The number of ether oxygens (including phenoxy) is 1. The molecule has 0 radical (unpaired) electrons. The SMILES string of the molecule is Brc1cccnc1Oc1cccnc1. The van der Waals surface area contributed by atoms with Crippen molar-refractivity contribution in [2.24, 2.45) is 0 Å². The lowest BCUT2D eigenvalue weighted by Crippen LogP contribution is -1.88. The Morgan fingerprint density at radius 1 is 1.14 bits per heavy atom. The molecule has 0 spiro atoms. The lowest BCUT2D eigenvalue weighted by Gasteiger charge is -2.04. The van der Waals surface area contributed by atoms with E-state index in [0.717, 1.165) is 4.47 Å². The monoisotopic (exact) mass is 250 g/mol. The van der Waals surface area contributed by atoms with Crippen molar-refractivity contribution in [3.63, 3.8) is 0 Å². The number of aromatic nitrogens is 2. The van der Waals surface area contributed by atoms with E-state index in [0.29, 0.717) is 11.6 Å². The highest BCUT2D eigenvalue weighted by molar-refractivity contribution is 9.10. The Balaban J connectivity index is 2.24. The number of hydrogen-bond donors (Lipinski definition) is 0. The van der Waals surface area contributed by atoms with Gasteiger partial charge in [-0.1, -0.05) is 0 Å². The normalized spacial score (nSPS) is 9.79. The van der Waals surface area contributed by atoms with Gasteiger partial charge in [0, 0.05) is 12.4 Å². The predicted octanol–water partition coefficient (Wildman–Crippen LogP) is 3.03. The van der Waals surface area contributed by atoms with Gasteiger partial charge in [-0.05, 0) is 40.2 Å². The molecular weight excluding hydrogens is 244 g/mol. The molecule has 0 aliphatic rings. The molecule has 0 N–H and O–H groups in total. The van der Waals surface area contributed by atoms with Gasteiger partial charge in [0.2, 0.25) is 5.88 Å². The first-order chi connectivity index (χ1) is 6.86. The molecule has 0 saturated heterocycles. The van der Waals surface area contributed by atoms with Crippen LogP contribution in [-0.4, -0.2) is 9.97 Å². The zero-order valence-electron chi connectivity index (χ0n) is 7.22. The predicted molar refractivity (Wildman–Crippen MR) is 56.2 cm³/mol. The summed E-state index contributed by atoms with van der Waals surface area (Å²) in [6, 6.07) is 7.35. The van der Waals surface area contributed by atoms with Crippen LogP contribution in [-0.2, 0) is 0 Å². The van der Waals surface area contributed by atoms with Crippen molar-refractivity contribution in [3.05, 3.63) is 47.3 Å².